The summed E-state index contributed by atoms with van der Waals surface area (Å²) < 4.78 is 0. The minimum absolute atomic E-state index is 0.623. The molecule has 72 heavy (non-hydrogen) atoms. The van der Waals surface area contributed by atoms with Crippen molar-refractivity contribution < 1.29 is 0 Å². The highest BCUT2D eigenvalue weighted by atomic mass is 15.1. The maximum atomic E-state index is 10.3. The smallest absolute Gasteiger partial charge is 0.194 e. The summed E-state index contributed by atoms with van der Waals surface area (Å²) >= 11 is 0. The molecule has 0 saturated heterocycles. The third-order valence-corrected chi connectivity index (χ3v) is 14.2. The molecule has 0 aliphatic carbocycles. The normalized spacial score (nSPS) is 11.3. The van der Waals surface area contributed by atoms with Crippen molar-refractivity contribution in [2.24, 2.45) is 0 Å². The molecule has 0 aromatic heterocycles. The van der Waals surface area contributed by atoms with Gasteiger partial charge in [-0.1, -0.05) is 152 Å². The van der Waals surface area contributed by atoms with E-state index in [-0.39, 0.29) is 0 Å². The summed E-state index contributed by atoms with van der Waals surface area (Å²) in [5.74, 6) is 0. The molecule has 13 aromatic carbocycles. The van der Waals surface area contributed by atoms with Crippen molar-refractivity contribution in [2.75, 3.05) is 9.80 Å². The molecule has 4 heteroatoms. The number of nitrogens with zero attached hydrogens (tertiary/aromatic N) is 4. The van der Waals surface area contributed by atoms with Gasteiger partial charge < -0.3 is 9.80 Å². The largest absolute Gasteiger partial charge is 0.310 e. The SMILES string of the molecule is [C-]#[N+]c1ccccc1-c1ccc2c(c1)c1cc3c4ccc(N(c5ccccc5)c5ccccc5)cc4c4ccc(-c5ccccc5C#N)cc4c3cc1c1ccc(N(c3ccccc3)c3ccccc3)cc21. The molecule has 0 atom stereocenters. The van der Waals surface area contributed by atoms with Crippen molar-refractivity contribution >= 4 is 104 Å². The van der Waals surface area contributed by atoms with Crippen LogP contribution in [-0.4, -0.2) is 0 Å². The average molecular weight is 915 g/mol. The number of hydrogen-bond acceptors (Lipinski definition) is 3. The van der Waals surface area contributed by atoms with Crippen molar-refractivity contribution in [3.05, 3.63) is 272 Å². The van der Waals surface area contributed by atoms with Gasteiger partial charge >= 0.3 is 0 Å². The quantitative estimate of drug-likeness (QED) is 0.0865. The Kier molecular flexibility index (Phi) is 10.2. The lowest BCUT2D eigenvalue weighted by Crippen LogP contribution is -2.09. The first-order valence-corrected chi connectivity index (χ1v) is 24.2. The van der Waals surface area contributed by atoms with Gasteiger partial charge in [0.15, 0.2) is 5.69 Å². The lowest BCUT2D eigenvalue weighted by Gasteiger charge is -2.26. The molecule has 4 nitrogen and oxygen atoms in total. The van der Waals surface area contributed by atoms with E-state index in [1.54, 1.807) is 0 Å². The lowest BCUT2D eigenvalue weighted by atomic mass is 9.86. The number of para-hydroxylation sites is 5. The van der Waals surface area contributed by atoms with Crippen LogP contribution in [0.4, 0.5) is 39.8 Å². The van der Waals surface area contributed by atoms with Crippen LogP contribution in [0.2, 0.25) is 0 Å². The molecule has 0 saturated carbocycles. The van der Waals surface area contributed by atoms with Crippen LogP contribution in [0.3, 0.4) is 0 Å². The number of anilines is 6. The van der Waals surface area contributed by atoms with Gasteiger partial charge in [0, 0.05) is 34.1 Å². The molecule has 0 aliphatic heterocycles. The standard InChI is InChI=1S/C68H42N4/c1-70-68-29-17-16-28-55(68)46-31-35-57-61(39-46)67-43-64-58-36-32-52(71(48-19-6-2-7-20-48)49-21-8-3-9-22-49)40-62(58)56-34-30-45(54-27-15-14-18-47(54)44-69)38-60(56)66(64)42-65(67)59-37-33-53(41-63(57)59)72(50-23-10-4-11-24-50)51-25-12-5-13-26-51/h2-43H. The van der Waals surface area contributed by atoms with E-state index in [9.17, 15) is 5.26 Å². The van der Waals surface area contributed by atoms with E-state index in [4.69, 9.17) is 6.57 Å². The number of nitriles is 1. The summed E-state index contributed by atoms with van der Waals surface area (Å²) in [6.07, 6.45) is 0. The van der Waals surface area contributed by atoms with Crippen molar-refractivity contribution in [2.45, 2.75) is 0 Å². The minimum atomic E-state index is 0.623. The highest BCUT2D eigenvalue weighted by molar-refractivity contribution is 6.34. The maximum absolute atomic E-state index is 10.3. The highest BCUT2D eigenvalue weighted by Gasteiger charge is 2.21. The zero-order chi connectivity index (χ0) is 48.1. The van der Waals surface area contributed by atoms with E-state index >= 15 is 0 Å². The first-order valence-electron chi connectivity index (χ1n) is 24.2. The third-order valence-electron chi connectivity index (χ3n) is 14.2. The van der Waals surface area contributed by atoms with Crippen LogP contribution in [0.5, 0.6) is 0 Å². The molecule has 0 fully saturated rings. The van der Waals surface area contributed by atoms with Crippen LogP contribution >= 0.6 is 0 Å². The van der Waals surface area contributed by atoms with Crippen LogP contribution in [0.1, 0.15) is 5.56 Å². The molecule has 0 bridgehead atoms. The second-order valence-electron chi connectivity index (χ2n) is 18.2. The molecule has 334 valence electrons. The van der Waals surface area contributed by atoms with Gasteiger partial charge in [0.05, 0.1) is 18.2 Å². The predicted octanol–water partition coefficient (Wildman–Crippen LogP) is 19.3. The van der Waals surface area contributed by atoms with Crippen molar-refractivity contribution in [3.63, 3.8) is 0 Å². The zero-order valence-corrected chi connectivity index (χ0v) is 39.0. The Labute approximate surface area is 417 Å². The van der Waals surface area contributed by atoms with Gasteiger partial charge in [-0.3, -0.25) is 0 Å². The first-order chi connectivity index (χ1) is 35.6. The van der Waals surface area contributed by atoms with Gasteiger partial charge in [0.1, 0.15) is 0 Å². The predicted molar refractivity (Wildman–Crippen MR) is 303 cm³/mol. The number of hydrogen-bond donors (Lipinski definition) is 0. The summed E-state index contributed by atoms with van der Waals surface area (Å²) in [5, 5.41) is 23.9. The molecule has 0 N–H and O–H groups in total. The molecule has 0 radical (unpaired) electrons. The molecule has 13 aromatic rings. The molecule has 0 spiro atoms. The second-order valence-corrected chi connectivity index (χ2v) is 18.2. The van der Waals surface area contributed by atoms with E-state index < -0.39 is 0 Å². The fourth-order valence-corrected chi connectivity index (χ4v) is 10.9. The Balaban J connectivity index is 1.15. The van der Waals surface area contributed by atoms with E-state index in [1.807, 2.05) is 42.5 Å². The Morgan fingerprint density at radius 2 is 0.625 bits per heavy atom. The Morgan fingerprint density at radius 3 is 1.06 bits per heavy atom. The Bertz CT molecular complexity index is 3980. The molecular formula is C68H42N4. The lowest BCUT2D eigenvalue weighted by molar-refractivity contribution is 1.29. The summed E-state index contributed by atoms with van der Waals surface area (Å²) in [6.45, 7) is 8.11. The molecule has 13 rings (SSSR count). The van der Waals surface area contributed by atoms with Crippen LogP contribution in [0, 0.1) is 17.9 Å². The van der Waals surface area contributed by atoms with Crippen LogP contribution in [0.25, 0.3) is 91.7 Å². The monoisotopic (exact) mass is 914 g/mol. The van der Waals surface area contributed by atoms with Gasteiger partial charge in [-0.15, -0.1) is 0 Å². The van der Waals surface area contributed by atoms with Crippen molar-refractivity contribution in [3.8, 4) is 28.3 Å². The minimum Gasteiger partial charge on any atom is -0.310 e. The molecule has 0 aliphatic rings. The molecule has 0 amide bonds. The van der Waals surface area contributed by atoms with Gasteiger partial charge in [-0.25, -0.2) is 4.85 Å². The average Bonchev–Trinajstić information content (AvgIpc) is 3.46. The van der Waals surface area contributed by atoms with Gasteiger partial charge in [0.2, 0.25) is 0 Å². The van der Waals surface area contributed by atoms with Gasteiger partial charge in [-0.2, -0.15) is 5.26 Å². The molecule has 0 heterocycles. The van der Waals surface area contributed by atoms with Crippen LogP contribution in [0.15, 0.2) is 255 Å². The topological polar surface area (TPSA) is 34.6 Å². The molecular weight excluding hydrogens is 873 g/mol. The van der Waals surface area contributed by atoms with Crippen LogP contribution in [-0.2, 0) is 0 Å². The maximum Gasteiger partial charge on any atom is 0.194 e. The summed E-state index contributed by atoms with van der Waals surface area (Å²) in [5.41, 5.74) is 11.5. The Morgan fingerprint density at radius 1 is 0.292 bits per heavy atom. The van der Waals surface area contributed by atoms with E-state index in [0.717, 1.165) is 121 Å². The fourth-order valence-electron chi connectivity index (χ4n) is 10.9. The van der Waals surface area contributed by atoms with E-state index in [1.165, 1.54) is 0 Å². The number of benzene rings is 13. The highest BCUT2D eigenvalue weighted by Crippen LogP contribution is 2.47. The number of fused-ring (bicyclic) bond motifs is 12. The summed E-state index contributed by atoms with van der Waals surface area (Å²) in [7, 11) is 0. The van der Waals surface area contributed by atoms with Crippen LogP contribution < -0.4 is 9.80 Å². The third kappa shape index (κ3) is 7.06. The van der Waals surface area contributed by atoms with Crippen molar-refractivity contribution in [1.82, 2.24) is 0 Å². The van der Waals surface area contributed by atoms with E-state index in [0.29, 0.717) is 11.3 Å². The fraction of sp³-hybridized carbons (Fsp3) is 0. The molecule has 0 unspecified atom stereocenters. The number of rotatable bonds is 8. The zero-order valence-electron chi connectivity index (χ0n) is 39.0. The Hall–Kier alpha value is -10.0. The van der Waals surface area contributed by atoms with Crippen molar-refractivity contribution in [1.29, 1.82) is 5.26 Å². The summed E-state index contributed by atoms with van der Waals surface area (Å²) in [6, 6.07) is 92.4. The van der Waals surface area contributed by atoms with Gasteiger partial charge in [0.25, 0.3) is 0 Å². The van der Waals surface area contributed by atoms with Gasteiger partial charge in [-0.05, 0) is 190 Å². The first kappa shape index (κ1) is 42.1. The van der Waals surface area contributed by atoms with E-state index in [2.05, 4.69) is 233 Å². The second kappa shape index (κ2) is 17.5. The summed E-state index contributed by atoms with van der Waals surface area (Å²) in [4.78, 5) is 8.59.